The molecular formula is C21H24N4O2S. The van der Waals surface area contributed by atoms with Crippen LogP contribution in [-0.4, -0.2) is 33.9 Å². The minimum atomic E-state index is -0.292. The third-order valence-electron chi connectivity index (χ3n) is 4.89. The molecule has 6 nitrogen and oxygen atoms in total. The van der Waals surface area contributed by atoms with E-state index in [9.17, 15) is 4.79 Å². The molecule has 3 aromatic rings. The molecule has 0 bridgehead atoms. The molecule has 0 radical (unpaired) electrons. The van der Waals surface area contributed by atoms with E-state index in [1.54, 1.807) is 6.92 Å². The van der Waals surface area contributed by atoms with Gasteiger partial charge in [-0.3, -0.25) is 15.0 Å². The molecule has 7 heteroatoms. The number of aryl methyl sites for hydroxylation is 1. The Labute approximate surface area is 168 Å². The Kier molecular flexibility index (Phi) is 5.83. The van der Waals surface area contributed by atoms with Crippen molar-refractivity contribution in [3.8, 4) is 11.5 Å². The fourth-order valence-electron chi connectivity index (χ4n) is 3.43. The highest BCUT2D eigenvalue weighted by Gasteiger charge is 2.19. The van der Waals surface area contributed by atoms with Gasteiger partial charge in [-0.1, -0.05) is 31.0 Å². The number of hydrogen-bond donors (Lipinski definition) is 1. The van der Waals surface area contributed by atoms with Crippen molar-refractivity contribution in [2.75, 3.05) is 18.4 Å². The zero-order chi connectivity index (χ0) is 19.3. The Hall–Kier alpha value is -2.51. The van der Waals surface area contributed by atoms with Gasteiger partial charge in [-0.2, -0.15) is 0 Å². The number of nitrogens with zero attached hydrogens (tertiary/aromatic N) is 3. The summed E-state index contributed by atoms with van der Waals surface area (Å²) in [5.74, 6) is 0.654. The van der Waals surface area contributed by atoms with Gasteiger partial charge in [0.25, 0.3) is 5.91 Å². The van der Waals surface area contributed by atoms with E-state index in [4.69, 9.17) is 4.42 Å². The van der Waals surface area contributed by atoms with Crippen molar-refractivity contribution in [3.05, 3.63) is 52.9 Å². The Bertz CT molecular complexity index is 927. The average Bonchev–Trinajstić information content (AvgIpc) is 3.21. The summed E-state index contributed by atoms with van der Waals surface area (Å²) >= 11 is 1.45. The van der Waals surface area contributed by atoms with E-state index in [0.29, 0.717) is 22.5 Å². The van der Waals surface area contributed by atoms with Crippen molar-refractivity contribution in [2.45, 2.75) is 39.2 Å². The van der Waals surface area contributed by atoms with E-state index in [2.05, 4.69) is 20.2 Å². The van der Waals surface area contributed by atoms with Crippen molar-refractivity contribution in [3.63, 3.8) is 0 Å². The number of benzene rings is 1. The number of hydrogen-bond acceptors (Lipinski definition) is 6. The zero-order valence-corrected chi connectivity index (χ0v) is 16.8. The molecule has 1 N–H and O–H groups in total. The minimum Gasteiger partial charge on any atom is -0.441 e. The SMILES string of the molecule is Cc1oc(-c2ccccc2)nc1C(=O)Nc1nc(CN2CCCCCC2)cs1. The molecular weight excluding hydrogens is 372 g/mol. The summed E-state index contributed by atoms with van der Waals surface area (Å²) in [6.45, 7) is 4.84. The lowest BCUT2D eigenvalue weighted by molar-refractivity contribution is 0.102. The minimum absolute atomic E-state index is 0.292. The van der Waals surface area contributed by atoms with Gasteiger partial charge in [0, 0.05) is 17.5 Å². The van der Waals surface area contributed by atoms with Gasteiger partial charge < -0.3 is 4.42 Å². The van der Waals surface area contributed by atoms with Crippen LogP contribution in [0.2, 0.25) is 0 Å². The smallest absolute Gasteiger partial charge is 0.279 e. The molecule has 2 aromatic heterocycles. The van der Waals surface area contributed by atoms with Crippen molar-refractivity contribution < 1.29 is 9.21 Å². The molecule has 1 aliphatic heterocycles. The number of nitrogens with one attached hydrogen (secondary N) is 1. The zero-order valence-electron chi connectivity index (χ0n) is 16.0. The number of anilines is 1. The quantitative estimate of drug-likeness (QED) is 0.675. The maximum Gasteiger partial charge on any atom is 0.279 e. The Balaban J connectivity index is 1.41. The Morgan fingerprint density at radius 3 is 2.64 bits per heavy atom. The number of thiazole rings is 1. The number of aromatic nitrogens is 2. The van der Waals surface area contributed by atoms with E-state index in [1.807, 2.05) is 35.7 Å². The summed E-state index contributed by atoms with van der Waals surface area (Å²) in [6.07, 6.45) is 5.14. The molecule has 0 atom stereocenters. The first-order valence-electron chi connectivity index (χ1n) is 9.70. The maximum absolute atomic E-state index is 12.6. The van der Waals surface area contributed by atoms with Crippen LogP contribution in [0.4, 0.5) is 5.13 Å². The fourth-order valence-corrected chi connectivity index (χ4v) is 4.12. The third kappa shape index (κ3) is 4.48. The summed E-state index contributed by atoms with van der Waals surface area (Å²) < 4.78 is 5.68. The summed E-state index contributed by atoms with van der Waals surface area (Å²) in [7, 11) is 0. The van der Waals surface area contributed by atoms with E-state index < -0.39 is 0 Å². The second-order valence-corrected chi connectivity index (χ2v) is 7.94. The predicted octanol–water partition coefficient (Wildman–Crippen LogP) is 4.73. The van der Waals surface area contributed by atoms with Gasteiger partial charge in [-0.05, 0) is 45.0 Å². The first kappa shape index (κ1) is 18.8. The first-order valence-corrected chi connectivity index (χ1v) is 10.6. The molecule has 1 aromatic carbocycles. The van der Waals surface area contributed by atoms with E-state index in [1.165, 1.54) is 37.0 Å². The molecule has 0 spiro atoms. The van der Waals surface area contributed by atoms with Crippen LogP contribution in [0.15, 0.2) is 40.1 Å². The van der Waals surface area contributed by atoms with Gasteiger partial charge in [0.1, 0.15) is 5.76 Å². The standard InChI is InChI=1S/C21H24N4O2S/c1-15-18(23-20(27-15)16-9-5-4-6-10-16)19(26)24-21-22-17(14-28-21)13-25-11-7-2-3-8-12-25/h4-6,9-10,14H,2-3,7-8,11-13H2,1H3,(H,22,24,26). The largest absolute Gasteiger partial charge is 0.441 e. The molecule has 146 valence electrons. The molecule has 1 saturated heterocycles. The normalized spacial score (nSPS) is 15.3. The van der Waals surface area contributed by atoms with Crippen LogP contribution >= 0.6 is 11.3 Å². The fraction of sp³-hybridized carbons (Fsp3) is 0.381. The molecule has 3 heterocycles. The molecule has 28 heavy (non-hydrogen) atoms. The number of carbonyl (C=O) groups is 1. The molecule has 0 unspecified atom stereocenters. The number of likely N-dealkylation sites (tertiary alicyclic amines) is 1. The van der Waals surface area contributed by atoms with Gasteiger partial charge >= 0.3 is 0 Å². The van der Waals surface area contributed by atoms with Crippen LogP contribution in [0.5, 0.6) is 0 Å². The van der Waals surface area contributed by atoms with Gasteiger partial charge in [0.15, 0.2) is 10.8 Å². The van der Waals surface area contributed by atoms with E-state index in [0.717, 1.165) is 30.9 Å². The highest BCUT2D eigenvalue weighted by atomic mass is 32.1. The highest BCUT2D eigenvalue weighted by Crippen LogP contribution is 2.23. The predicted molar refractivity (Wildman–Crippen MR) is 110 cm³/mol. The Morgan fingerprint density at radius 2 is 1.89 bits per heavy atom. The van der Waals surface area contributed by atoms with E-state index >= 15 is 0 Å². The van der Waals surface area contributed by atoms with Crippen molar-refractivity contribution in [1.82, 2.24) is 14.9 Å². The topological polar surface area (TPSA) is 71.3 Å². The molecule has 4 rings (SSSR count). The van der Waals surface area contributed by atoms with Crippen molar-refractivity contribution in [2.24, 2.45) is 0 Å². The summed E-state index contributed by atoms with van der Waals surface area (Å²) in [5, 5.41) is 5.48. The summed E-state index contributed by atoms with van der Waals surface area (Å²) in [6, 6.07) is 9.57. The third-order valence-corrected chi connectivity index (χ3v) is 5.70. The van der Waals surface area contributed by atoms with Crippen LogP contribution in [0, 0.1) is 6.92 Å². The van der Waals surface area contributed by atoms with Crippen molar-refractivity contribution in [1.29, 1.82) is 0 Å². The number of carbonyl (C=O) groups excluding carboxylic acids is 1. The first-order chi connectivity index (χ1) is 13.7. The molecule has 1 aliphatic rings. The Morgan fingerprint density at radius 1 is 1.14 bits per heavy atom. The molecule has 1 amide bonds. The van der Waals surface area contributed by atoms with Gasteiger partial charge in [0.05, 0.1) is 5.69 Å². The van der Waals surface area contributed by atoms with Gasteiger partial charge in [-0.25, -0.2) is 9.97 Å². The van der Waals surface area contributed by atoms with Crippen LogP contribution < -0.4 is 5.32 Å². The maximum atomic E-state index is 12.6. The van der Waals surface area contributed by atoms with Crippen LogP contribution in [0.25, 0.3) is 11.5 Å². The lowest BCUT2D eigenvalue weighted by Gasteiger charge is -2.17. The monoisotopic (exact) mass is 396 g/mol. The number of oxazole rings is 1. The molecule has 0 saturated carbocycles. The van der Waals surface area contributed by atoms with Gasteiger partial charge in [-0.15, -0.1) is 11.3 Å². The molecule has 1 fully saturated rings. The second kappa shape index (κ2) is 8.67. The second-order valence-electron chi connectivity index (χ2n) is 7.08. The van der Waals surface area contributed by atoms with Crippen LogP contribution in [-0.2, 0) is 6.54 Å². The van der Waals surface area contributed by atoms with Crippen LogP contribution in [0.1, 0.15) is 47.6 Å². The number of rotatable bonds is 5. The molecule has 0 aliphatic carbocycles. The van der Waals surface area contributed by atoms with E-state index in [-0.39, 0.29) is 5.91 Å². The number of amides is 1. The highest BCUT2D eigenvalue weighted by molar-refractivity contribution is 7.13. The van der Waals surface area contributed by atoms with Crippen LogP contribution in [0.3, 0.4) is 0 Å². The average molecular weight is 397 g/mol. The summed E-state index contributed by atoms with van der Waals surface area (Å²) in [5.41, 5.74) is 2.14. The van der Waals surface area contributed by atoms with Gasteiger partial charge in [0.2, 0.25) is 5.89 Å². The lowest BCUT2D eigenvalue weighted by Crippen LogP contribution is -2.24. The summed E-state index contributed by atoms with van der Waals surface area (Å²) in [4.78, 5) is 24.1. The van der Waals surface area contributed by atoms with Crippen molar-refractivity contribution >= 4 is 22.4 Å². The lowest BCUT2D eigenvalue weighted by atomic mass is 10.2.